The predicted molar refractivity (Wildman–Crippen MR) is 102 cm³/mol. The lowest BCUT2D eigenvalue weighted by atomic mass is 10.1. The first-order valence-corrected chi connectivity index (χ1v) is 8.91. The highest BCUT2D eigenvalue weighted by molar-refractivity contribution is 5.96. The SMILES string of the molecule is NC(=O)Nc1cccc(C(=O)N2CCN(C(=O)Cc3ccccc3F)CC2)c1. The molecule has 28 heavy (non-hydrogen) atoms. The maximum Gasteiger partial charge on any atom is 0.316 e. The van der Waals surface area contributed by atoms with Crippen molar-refractivity contribution in [2.24, 2.45) is 5.73 Å². The van der Waals surface area contributed by atoms with Crippen LogP contribution in [0, 0.1) is 5.82 Å². The highest BCUT2D eigenvalue weighted by Crippen LogP contribution is 2.15. The van der Waals surface area contributed by atoms with Gasteiger partial charge in [0.2, 0.25) is 5.91 Å². The highest BCUT2D eigenvalue weighted by atomic mass is 19.1. The number of rotatable bonds is 4. The van der Waals surface area contributed by atoms with Gasteiger partial charge in [-0.15, -0.1) is 0 Å². The number of urea groups is 1. The van der Waals surface area contributed by atoms with Crippen LogP contribution >= 0.6 is 0 Å². The minimum atomic E-state index is -0.702. The van der Waals surface area contributed by atoms with Crippen molar-refractivity contribution in [3.63, 3.8) is 0 Å². The topological polar surface area (TPSA) is 95.7 Å². The van der Waals surface area contributed by atoms with Crippen LogP contribution in [0.1, 0.15) is 15.9 Å². The molecule has 0 radical (unpaired) electrons. The number of carbonyl (C=O) groups excluding carboxylic acids is 3. The normalized spacial score (nSPS) is 13.9. The Kier molecular flexibility index (Phi) is 5.88. The van der Waals surface area contributed by atoms with Crippen LogP contribution in [-0.2, 0) is 11.2 Å². The van der Waals surface area contributed by atoms with E-state index in [0.29, 0.717) is 43.0 Å². The number of nitrogens with one attached hydrogen (secondary N) is 1. The Labute approximate surface area is 161 Å². The van der Waals surface area contributed by atoms with Gasteiger partial charge in [-0.1, -0.05) is 24.3 Å². The molecule has 0 bridgehead atoms. The number of hydrogen-bond acceptors (Lipinski definition) is 3. The van der Waals surface area contributed by atoms with Gasteiger partial charge in [-0.2, -0.15) is 0 Å². The summed E-state index contributed by atoms with van der Waals surface area (Å²) in [5.41, 5.74) is 6.33. The molecule has 2 aromatic rings. The van der Waals surface area contributed by atoms with E-state index in [4.69, 9.17) is 5.73 Å². The van der Waals surface area contributed by atoms with E-state index >= 15 is 0 Å². The number of halogens is 1. The molecular weight excluding hydrogens is 363 g/mol. The smallest absolute Gasteiger partial charge is 0.316 e. The van der Waals surface area contributed by atoms with E-state index in [2.05, 4.69) is 5.32 Å². The third-order valence-electron chi connectivity index (χ3n) is 4.60. The molecule has 7 nitrogen and oxygen atoms in total. The third kappa shape index (κ3) is 4.64. The number of benzene rings is 2. The van der Waals surface area contributed by atoms with Crippen molar-refractivity contribution in [2.75, 3.05) is 31.5 Å². The Hall–Kier alpha value is -3.42. The van der Waals surface area contributed by atoms with E-state index in [1.54, 1.807) is 52.3 Å². The maximum absolute atomic E-state index is 13.7. The number of amides is 4. The van der Waals surface area contributed by atoms with Crippen LogP contribution in [0.15, 0.2) is 48.5 Å². The Balaban J connectivity index is 1.57. The van der Waals surface area contributed by atoms with Gasteiger partial charge in [0.1, 0.15) is 5.82 Å². The molecule has 0 spiro atoms. The summed E-state index contributed by atoms with van der Waals surface area (Å²) in [5, 5.41) is 2.44. The summed E-state index contributed by atoms with van der Waals surface area (Å²) in [6.45, 7) is 1.54. The molecule has 0 atom stereocenters. The third-order valence-corrected chi connectivity index (χ3v) is 4.60. The number of carbonyl (C=O) groups is 3. The molecule has 0 saturated carbocycles. The van der Waals surface area contributed by atoms with E-state index in [0.717, 1.165) is 0 Å². The van der Waals surface area contributed by atoms with E-state index in [1.165, 1.54) is 6.07 Å². The zero-order chi connectivity index (χ0) is 20.1. The lowest BCUT2D eigenvalue weighted by molar-refractivity contribution is -0.132. The first-order chi connectivity index (χ1) is 13.4. The quantitative estimate of drug-likeness (QED) is 0.842. The Morgan fingerprint density at radius 2 is 1.64 bits per heavy atom. The number of primary amides is 1. The zero-order valence-electron chi connectivity index (χ0n) is 15.2. The number of nitrogens with zero attached hydrogens (tertiary/aromatic N) is 2. The summed E-state index contributed by atoms with van der Waals surface area (Å²) in [5.74, 6) is -0.742. The zero-order valence-corrected chi connectivity index (χ0v) is 15.2. The van der Waals surface area contributed by atoms with Crippen molar-refractivity contribution in [1.29, 1.82) is 0 Å². The van der Waals surface area contributed by atoms with Crippen molar-refractivity contribution < 1.29 is 18.8 Å². The summed E-state index contributed by atoms with van der Waals surface area (Å²) in [6.07, 6.45) is 0.00144. The number of nitrogens with two attached hydrogens (primary N) is 1. The lowest BCUT2D eigenvalue weighted by Gasteiger charge is -2.35. The van der Waals surface area contributed by atoms with Gasteiger partial charge in [0, 0.05) is 37.4 Å². The van der Waals surface area contributed by atoms with E-state index in [9.17, 15) is 18.8 Å². The first kappa shape index (κ1) is 19.3. The van der Waals surface area contributed by atoms with Gasteiger partial charge in [0.15, 0.2) is 0 Å². The molecule has 0 aliphatic carbocycles. The lowest BCUT2D eigenvalue weighted by Crippen LogP contribution is -2.51. The van der Waals surface area contributed by atoms with Crippen molar-refractivity contribution in [2.45, 2.75) is 6.42 Å². The second-order valence-corrected chi connectivity index (χ2v) is 6.51. The van der Waals surface area contributed by atoms with Crippen LogP contribution in [0.2, 0.25) is 0 Å². The van der Waals surface area contributed by atoms with Gasteiger partial charge >= 0.3 is 6.03 Å². The fraction of sp³-hybridized carbons (Fsp3) is 0.250. The van der Waals surface area contributed by atoms with Crippen molar-refractivity contribution in [3.8, 4) is 0 Å². The van der Waals surface area contributed by atoms with E-state index in [-0.39, 0.29) is 18.2 Å². The van der Waals surface area contributed by atoms with Crippen LogP contribution in [0.4, 0.5) is 14.9 Å². The molecule has 1 saturated heterocycles. The van der Waals surface area contributed by atoms with Gasteiger partial charge in [0.25, 0.3) is 5.91 Å². The Bertz CT molecular complexity index is 895. The second kappa shape index (κ2) is 8.51. The summed E-state index contributed by atoms with van der Waals surface area (Å²) >= 11 is 0. The van der Waals surface area contributed by atoms with Crippen molar-refractivity contribution >= 4 is 23.5 Å². The Morgan fingerprint density at radius 1 is 0.964 bits per heavy atom. The van der Waals surface area contributed by atoms with Crippen molar-refractivity contribution in [1.82, 2.24) is 9.80 Å². The second-order valence-electron chi connectivity index (χ2n) is 6.51. The largest absolute Gasteiger partial charge is 0.351 e. The standard InChI is InChI=1S/C20H21FN4O3/c21-17-7-2-1-4-14(17)13-18(26)24-8-10-25(11-9-24)19(27)15-5-3-6-16(12-15)23-20(22)28/h1-7,12H,8-11,13H2,(H3,22,23,28). The Morgan fingerprint density at radius 3 is 2.32 bits per heavy atom. The van der Waals surface area contributed by atoms with E-state index < -0.39 is 11.8 Å². The summed E-state index contributed by atoms with van der Waals surface area (Å²) in [7, 11) is 0. The van der Waals surface area contributed by atoms with Crippen LogP contribution in [-0.4, -0.2) is 53.8 Å². The van der Waals surface area contributed by atoms with Gasteiger partial charge in [0.05, 0.1) is 6.42 Å². The summed E-state index contributed by atoms with van der Waals surface area (Å²) < 4.78 is 13.7. The summed E-state index contributed by atoms with van der Waals surface area (Å²) in [4.78, 5) is 39.3. The molecule has 1 aliphatic rings. The monoisotopic (exact) mass is 384 g/mol. The minimum Gasteiger partial charge on any atom is -0.351 e. The highest BCUT2D eigenvalue weighted by Gasteiger charge is 2.25. The predicted octanol–water partition coefficient (Wildman–Crippen LogP) is 1.84. The molecule has 1 aliphatic heterocycles. The van der Waals surface area contributed by atoms with Gasteiger partial charge in [-0.3, -0.25) is 9.59 Å². The first-order valence-electron chi connectivity index (χ1n) is 8.91. The molecule has 3 rings (SSSR count). The number of anilines is 1. The van der Waals surface area contributed by atoms with Gasteiger partial charge < -0.3 is 20.9 Å². The summed E-state index contributed by atoms with van der Waals surface area (Å²) in [6, 6.07) is 12.0. The average Bonchev–Trinajstić information content (AvgIpc) is 2.69. The molecular formula is C20H21FN4O3. The molecule has 0 aromatic heterocycles. The van der Waals surface area contributed by atoms with Crippen LogP contribution < -0.4 is 11.1 Å². The molecule has 1 fully saturated rings. The van der Waals surface area contributed by atoms with Crippen LogP contribution in [0.5, 0.6) is 0 Å². The molecule has 0 unspecified atom stereocenters. The minimum absolute atomic E-state index is 0.00144. The van der Waals surface area contributed by atoms with Gasteiger partial charge in [-0.25, -0.2) is 9.18 Å². The number of hydrogen-bond donors (Lipinski definition) is 2. The molecule has 8 heteroatoms. The molecule has 4 amide bonds. The fourth-order valence-electron chi connectivity index (χ4n) is 3.13. The average molecular weight is 384 g/mol. The van der Waals surface area contributed by atoms with Crippen LogP contribution in [0.25, 0.3) is 0 Å². The van der Waals surface area contributed by atoms with E-state index in [1.807, 2.05) is 0 Å². The molecule has 1 heterocycles. The molecule has 146 valence electrons. The van der Waals surface area contributed by atoms with Crippen LogP contribution in [0.3, 0.4) is 0 Å². The fourth-order valence-corrected chi connectivity index (χ4v) is 3.13. The maximum atomic E-state index is 13.7. The molecule has 2 aromatic carbocycles. The van der Waals surface area contributed by atoms with Gasteiger partial charge in [-0.05, 0) is 29.8 Å². The number of piperazine rings is 1. The molecule has 3 N–H and O–H groups in total. The van der Waals surface area contributed by atoms with Crippen molar-refractivity contribution in [3.05, 3.63) is 65.5 Å².